The minimum atomic E-state index is -0.683. The predicted octanol–water partition coefficient (Wildman–Crippen LogP) is 3.44. The van der Waals surface area contributed by atoms with Crippen LogP contribution in [0.1, 0.15) is 21.5 Å². The number of hydrogen-bond acceptors (Lipinski definition) is 4. The summed E-state index contributed by atoms with van der Waals surface area (Å²) in [6.45, 7) is 1.34. The van der Waals surface area contributed by atoms with E-state index < -0.39 is 11.7 Å². The Labute approximate surface area is 157 Å². The zero-order valence-corrected chi connectivity index (χ0v) is 14.7. The number of carbonyl (C=O) groups excluding carboxylic acids is 1. The van der Waals surface area contributed by atoms with Crippen molar-refractivity contribution in [1.29, 1.82) is 0 Å². The van der Waals surface area contributed by atoms with Gasteiger partial charge in [-0.25, -0.2) is 4.39 Å². The topological polar surface area (TPSA) is 77.2 Å². The van der Waals surface area contributed by atoms with Gasteiger partial charge in [0, 0.05) is 18.9 Å². The third kappa shape index (κ3) is 5.12. The summed E-state index contributed by atoms with van der Waals surface area (Å²) in [7, 11) is 0. The molecular formula is C21H20FN3O2. The second-order valence-corrected chi connectivity index (χ2v) is 6.02. The number of nitrogens with zero attached hydrogens (tertiary/aromatic N) is 1. The molecule has 0 spiro atoms. The van der Waals surface area contributed by atoms with E-state index in [1.54, 1.807) is 6.07 Å². The molecule has 0 unspecified atom stereocenters. The Morgan fingerprint density at radius 1 is 1.07 bits per heavy atom. The van der Waals surface area contributed by atoms with Crippen molar-refractivity contribution < 1.29 is 13.9 Å². The molecule has 138 valence electrons. The molecule has 0 bridgehead atoms. The van der Waals surface area contributed by atoms with Crippen molar-refractivity contribution in [3.63, 3.8) is 0 Å². The fraction of sp³-hybridized carbons (Fsp3) is 0.143. The molecule has 0 aliphatic rings. The highest BCUT2D eigenvalue weighted by molar-refractivity contribution is 5.95. The van der Waals surface area contributed by atoms with Crippen molar-refractivity contribution in [2.24, 2.45) is 5.73 Å². The molecule has 0 aliphatic carbocycles. The molecule has 6 heteroatoms. The monoisotopic (exact) mass is 365 g/mol. The van der Waals surface area contributed by atoms with Crippen molar-refractivity contribution in [2.75, 3.05) is 6.54 Å². The summed E-state index contributed by atoms with van der Waals surface area (Å²) in [6.07, 6.45) is 3.65. The lowest BCUT2D eigenvalue weighted by molar-refractivity contribution is 0.0997. The fourth-order valence-electron chi connectivity index (χ4n) is 2.62. The van der Waals surface area contributed by atoms with Crippen LogP contribution in [-0.2, 0) is 13.0 Å². The Bertz CT molecular complexity index is 916. The number of ether oxygens (including phenoxy) is 1. The molecular weight excluding hydrogens is 345 g/mol. The molecule has 0 aliphatic heterocycles. The fourth-order valence-corrected chi connectivity index (χ4v) is 2.62. The van der Waals surface area contributed by atoms with Crippen LogP contribution in [0, 0.1) is 5.82 Å². The van der Waals surface area contributed by atoms with Crippen molar-refractivity contribution in [3.05, 3.63) is 89.5 Å². The van der Waals surface area contributed by atoms with Crippen molar-refractivity contribution in [3.8, 4) is 11.5 Å². The molecule has 0 fully saturated rings. The first-order valence-electron chi connectivity index (χ1n) is 8.58. The predicted molar refractivity (Wildman–Crippen MR) is 101 cm³/mol. The van der Waals surface area contributed by atoms with Gasteiger partial charge in [0.25, 0.3) is 5.91 Å². The van der Waals surface area contributed by atoms with Crippen LogP contribution in [0.3, 0.4) is 0 Å². The van der Waals surface area contributed by atoms with Gasteiger partial charge in [0.15, 0.2) is 11.6 Å². The Morgan fingerprint density at radius 3 is 2.63 bits per heavy atom. The van der Waals surface area contributed by atoms with Crippen molar-refractivity contribution in [1.82, 2.24) is 10.3 Å². The van der Waals surface area contributed by atoms with E-state index in [-0.39, 0.29) is 17.1 Å². The van der Waals surface area contributed by atoms with E-state index in [2.05, 4.69) is 22.4 Å². The zero-order chi connectivity index (χ0) is 19.1. The van der Waals surface area contributed by atoms with Crippen LogP contribution in [0.2, 0.25) is 0 Å². The van der Waals surface area contributed by atoms with Gasteiger partial charge >= 0.3 is 0 Å². The second-order valence-electron chi connectivity index (χ2n) is 6.02. The number of hydrogen-bond donors (Lipinski definition) is 2. The lowest BCUT2D eigenvalue weighted by atomic mass is 10.1. The van der Waals surface area contributed by atoms with Crippen molar-refractivity contribution >= 4 is 5.91 Å². The lowest BCUT2D eigenvalue weighted by Crippen LogP contribution is -2.16. The number of halogens is 1. The summed E-state index contributed by atoms with van der Waals surface area (Å²) < 4.78 is 19.9. The third-order valence-corrected chi connectivity index (χ3v) is 4.03. The van der Waals surface area contributed by atoms with E-state index in [0.717, 1.165) is 18.5 Å². The second kappa shape index (κ2) is 8.91. The summed E-state index contributed by atoms with van der Waals surface area (Å²) in [5.74, 6) is -0.996. The number of primary amides is 1. The van der Waals surface area contributed by atoms with Gasteiger partial charge in [-0.1, -0.05) is 36.4 Å². The summed E-state index contributed by atoms with van der Waals surface area (Å²) in [6, 6.07) is 16.4. The number of amides is 1. The molecule has 0 radical (unpaired) electrons. The Hall–Kier alpha value is -3.25. The Kier molecular flexibility index (Phi) is 6.12. The van der Waals surface area contributed by atoms with Crippen LogP contribution in [0.25, 0.3) is 0 Å². The van der Waals surface area contributed by atoms with E-state index in [1.807, 2.05) is 18.2 Å². The SMILES string of the molecule is NC(=O)c1cnccc1Oc1ccc(CNCCc2ccccc2)cc1F. The maximum absolute atomic E-state index is 14.4. The van der Waals surface area contributed by atoms with E-state index in [1.165, 1.54) is 36.2 Å². The first-order valence-corrected chi connectivity index (χ1v) is 8.58. The molecule has 0 atom stereocenters. The number of nitrogens with two attached hydrogens (primary N) is 1. The van der Waals surface area contributed by atoms with Gasteiger partial charge in [0.2, 0.25) is 0 Å². The first kappa shape index (κ1) is 18.5. The number of nitrogens with one attached hydrogen (secondary N) is 1. The molecule has 3 rings (SSSR count). The van der Waals surface area contributed by atoms with Crippen LogP contribution < -0.4 is 15.8 Å². The smallest absolute Gasteiger partial charge is 0.254 e. The van der Waals surface area contributed by atoms with Crippen molar-refractivity contribution in [2.45, 2.75) is 13.0 Å². The average Bonchev–Trinajstić information content (AvgIpc) is 2.68. The molecule has 1 amide bonds. The molecule has 3 aromatic rings. The summed E-state index contributed by atoms with van der Waals surface area (Å²) >= 11 is 0. The highest BCUT2D eigenvalue weighted by atomic mass is 19.1. The normalized spacial score (nSPS) is 10.6. The van der Waals surface area contributed by atoms with Gasteiger partial charge in [-0.15, -0.1) is 0 Å². The van der Waals surface area contributed by atoms with E-state index in [4.69, 9.17) is 10.5 Å². The molecule has 1 heterocycles. The summed E-state index contributed by atoms with van der Waals surface area (Å²) in [4.78, 5) is 15.2. The highest BCUT2D eigenvalue weighted by Gasteiger charge is 2.12. The number of rotatable bonds is 8. The standard InChI is InChI=1S/C21H20FN3O2/c22-18-12-16(13-24-10-8-15-4-2-1-3-5-15)6-7-20(18)27-19-9-11-25-14-17(19)21(23)26/h1-7,9,11-12,14,24H,8,10,13H2,(H2,23,26). The van der Waals surface area contributed by atoms with Gasteiger partial charge in [-0.3, -0.25) is 9.78 Å². The Morgan fingerprint density at radius 2 is 1.89 bits per heavy atom. The maximum atomic E-state index is 14.4. The third-order valence-electron chi connectivity index (χ3n) is 4.03. The molecule has 2 aromatic carbocycles. The van der Waals surface area contributed by atoms with E-state index in [0.29, 0.717) is 6.54 Å². The molecule has 5 nitrogen and oxygen atoms in total. The van der Waals surface area contributed by atoms with Gasteiger partial charge in [-0.2, -0.15) is 0 Å². The Balaban J connectivity index is 1.58. The first-order chi connectivity index (χ1) is 13.1. The number of carbonyl (C=O) groups is 1. The summed E-state index contributed by atoms with van der Waals surface area (Å²) in [5.41, 5.74) is 7.44. The largest absolute Gasteiger partial charge is 0.453 e. The minimum Gasteiger partial charge on any atom is -0.453 e. The molecule has 3 N–H and O–H groups in total. The van der Waals surface area contributed by atoms with Gasteiger partial charge in [0.1, 0.15) is 11.3 Å². The van der Waals surface area contributed by atoms with E-state index in [9.17, 15) is 9.18 Å². The van der Waals surface area contributed by atoms with Crippen LogP contribution >= 0.6 is 0 Å². The van der Waals surface area contributed by atoms with Crippen LogP contribution in [0.4, 0.5) is 4.39 Å². The molecule has 1 aromatic heterocycles. The van der Waals surface area contributed by atoms with Crippen LogP contribution in [0.5, 0.6) is 11.5 Å². The number of benzene rings is 2. The minimum absolute atomic E-state index is 0.0248. The lowest BCUT2D eigenvalue weighted by Gasteiger charge is -2.11. The maximum Gasteiger partial charge on any atom is 0.254 e. The average molecular weight is 365 g/mol. The quantitative estimate of drug-likeness (QED) is 0.600. The molecule has 27 heavy (non-hydrogen) atoms. The number of pyridine rings is 1. The summed E-state index contributed by atoms with van der Waals surface area (Å²) in [5, 5.41) is 3.29. The molecule has 0 saturated heterocycles. The van der Waals surface area contributed by atoms with Gasteiger partial charge in [-0.05, 0) is 42.3 Å². The van der Waals surface area contributed by atoms with Crippen LogP contribution in [0.15, 0.2) is 67.0 Å². The molecule has 0 saturated carbocycles. The zero-order valence-electron chi connectivity index (χ0n) is 14.7. The number of aromatic nitrogens is 1. The van der Waals surface area contributed by atoms with Gasteiger partial charge in [0.05, 0.1) is 0 Å². The highest BCUT2D eigenvalue weighted by Crippen LogP contribution is 2.27. The van der Waals surface area contributed by atoms with Gasteiger partial charge < -0.3 is 15.8 Å². The van der Waals surface area contributed by atoms with Crippen LogP contribution in [-0.4, -0.2) is 17.4 Å². The van der Waals surface area contributed by atoms with E-state index >= 15 is 0 Å².